The maximum Gasteiger partial charge on any atom is 0.284 e. The van der Waals surface area contributed by atoms with Gasteiger partial charge in [-0.25, -0.2) is 4.40 Å². The van der Waals surface area contributed by atoms with Crippen molar-refractivity contribution < 1.29 is 4.92 Å². The second kappa shape index (κ2) is 11.7. The largest absolute Gasteiger partial charge is 0.284 e. The Balaban J connectivity index is 0.00000191. The lowest BCUT2D eigenvalue weighted by atomic mass is 10.2. The fourth-order valence-corrected chi connectivity index (χ4v) is 1.86. The van der Waals surface area contributed by atoms with Gasteiger partial charge < -0.3 is 0 Å². The van der Waals surface area contributed by atoms with E-state index < -0.39 is 4.92 Å². The summed E-state index contributed by atoms with van der Waals surface area (Å²) in [7, 11) is 0. The molecule has 0 aromatic heterocycles. The van der Waals surface area contributed by atoms with E-state index in [2.05, 4.69) is 11.0 Å². The van der Waals surface area contributed by atoms with Gasteiger partial charge in [0.2, 0.25) is 0 Å². The third kappa shape index (κ3) is 7.27. The Labute approximate surface area is 130 Å². The predicted molar refractivity (Wildman–Crippen MR) is 91.9 cm³/mol. The molecule has 0 N–H and O–H groups in total. The molecule has 5 heteroatoms. The molecule has 4 nitrogen and oxygen atoms in total. The molecule has 0 aliphatic heterocycles. The summed E-state index contributed by atoms with van der Waals surface area (Å²) in [6.45, 7) is 9.59. The fourth-order valence-electron chi connectivity index (χ4n) is 1.20. The van der Waals surface area contributed by atoms with Crippen LogP contribution in [-0.2, 0) is 0 Å². The van der Waals surface area contributed by atoms with Crippen molar-refractivity contribution in [3.05, 3.63) is 70.8 Å². The van der Waals surface area contributed by atoms with Gasteiger partial charge in [0.05, 0.1) is 4.92 Å². The van der Waals surface area contributed by atoms with Gasteiger partial charge in [0.15, 0.2) is 0 Å². The van der Waals surface area contributed by atoms with Crippen LogP contribution in [0.2, 0.25) is 0 Å². The highest BCUT2D eigenvalue weighted by molar-refractivity contribution is 7.98. The summed E-state index contributed by atoms with van der Waals surface area (Å²) >= 11 is 1.07. The summed E-state index contributed by atoms with van der Waals surface area (Å²) in [4.78, 5) is 10.9. The van der Waals surface area contributed by atoms with E-state index in [1.165, 1.54) is 6.07 Å². The van der Waals surface area contributed by atoms with Crippen LogP contribution in [0.3, 0.4) is 0 Å². The van der Waals surface area contributed by atoms with Crippen molar-refractivity contribution in [2.24, 2.45) is 4.40 Å². The van der Waals surface area contributed by atoms with Gasteiger partial charge in [-0.15, -0.1) is 0 Å². The van der Waals surface area contributed by atoms with E-state index in [0.29, 0.717) is 4.90 Å². The van der Waals surface area contributed by atoms with Gasteiger partial charge in [-0.05, 0) is 18.6 Å². The minimum atomic E-state index is -0.415. The first-order valence-electron chi connectivity index (χ1n) is 6.58. The van der Waals surface area contributed by atoms with Gasteiger partial charge in [-0.2, -0.15) is 0 Å². The van der Waals surface area contributed by atoms with Crippen molar-refractivity contribution in [2.75, 3.05) is 0 Å². The molecule has 0 aliphatic carbocycles. The summed E-state index contributed by atoms with van der Waals surface area (Å²) in [5, 5.41) is 10.8. The number of nitro benzene ring substituents is 1. The maximum absolute atomic E-state index is 10.8. The third-order valence-electron chi connectivity index (χ3n) is 2.13. The average molecular weight is 304 g/mol. The lowest BCUT2D eigenvalue weighted by molar-refractivity contribution is -0.387. The minimum Gasteiger partial charge on any atom is -0.258 e. The highest BCUT2D eigenvalue weighted by Gasteiger charge is 2.11. The first kappa shape index (κ1) is 18.9. The Morgan fingerprint density at radius 1 is 1.38 bits per heavy atom. The number of para-hydroxylation sites is 1. The van der Waals surface area contributed by atoms with Crippen LogP contribution >= 0.6 is 11.9 Å². The number of hydrogen-bond donors (Lipinski definition) is 0. The van der Waals surface area contributed by atoms with Crippen molar-refractivity contribution in [3.63, 3.8) is 0 Å². The van der Waals surface area contributed by atoms with Crippen molar-refractivity contribution in [1.82, 2.24) is 0 Å². The summed E-state index contributed by atoms with van der Waals surface area (Å²) in [6, 6.07) is 6.51. The molecular formula is C16H20N2O2S. The lowest BCUT2D eigenvalue weighted by Gasteiger charge is -1.97. The van der Waals surface area contributed by atoms with Crippen LogP contribution in [0.4, 0.5) is 5.69 Å². The third-order valence-corrected chi connectivity index (χ3v) is 2.88. The Morgan fingerprint density at radius 3 is 2.62 bits per heavy atom. The van der Waals surface area contributed by atoms with Crippen LogP contribution in [0, 0.1) is 10.1 Å². The molecule has 1 aromatic carbocycles. The topological polar surface area (TPSA) is 55.5 Å². The lowest BCUT2D eigenvalue weighted by Crippen LogP contribution is -1.89. The van der Waals surface area contributed by atoms with Gasteiger partial charge in [0, 0.05) is 24.2 Å². The van der Waals surface area contributed by atoms with Gasteiger partial charge in [0.25, 0.3) is 5.69 Å². The normalized spacial score (nSPS) is 11.3. The number of benzene rings is 1. The SMILES string of the molecule is C=CC(/C=N/Sc1ccccc1[N+](=O)[O-])=C\C=C/C.CC. The van der Waals surface area contributed by atoms with Crippen LogP contribution in [0.5, 0.6) is 0 Å². The number of hydrogen-bond acceptors (Lipinski definition) is 4. The Kier molecular flexibility index (Phi) is 10.5. The minimum absolute atomic E-state index is 0.0576. The van der Waals surface area contributed by atoms with E-state index in [0.717, 1.165) is 17.5 Å². The molecule has 0 aliphatic rings. The van der Waals surface area contributed by atoms with Crippen LogP contribution in [-0.4, -0.2) is 11.1 Å². The first-order valence-corrected chi connectivity index (χ1v) is 7.35. The Morgan fingerprint density at radius 2 is 2.05 bits per heavy atom. The van der Waals surface area contributed by atoms with Gasteiger partial charge in [-0.3, -0.25) is 10.1 Å². The van der Waals surface area contributed by atoms with Crippen molar-refractivity contribution in [2.45, 2.75) is 25.7 Å². The van der Waals surface area contributed by atoms with Gasteiger partial charge >= 0.3 is 0 Å². The molecule has 0 radical (unpaired) electrons. The first-order chi connectivity index (χ1) is 10.2. The molecule has 0 fully saturated rings. The predicted octanol–water partition coefficient (Wildman–Crippen LogP) is 5.39. The molecule has 21 heavy (non-hydrogen) atoms. The molecule has 0 atom stereocenters. The summed E-state index contributed by atoms with van der Waals surface area (Å²) in [6.07, 6.45) is 8.92. The van der Waals surface area contributed by atoms with E-state index >= 15 is 0 Å². The molecule has 0 bridgehead atoms. The summed E-state index contributed by atoms with van der Waals surface area (Å²) < 4.78 is 4.12. The standard InChI is InChI=1S/C14H14N2O2S.C2H6/c1-3-5-8-12(4-2)11-15-19-14-10-7-6-9-13(14)16(17)18;1-2/h3-11H,2H2,1H3;1-2H3/b5-3-,12-8+,15-11+;. The second-order valence-corrected chi connectivity index (χ2v) is 4.28. The van der Waals surface area contributed by atoms with Crippen LogP contribution < -0.4 is 0 Å². The molecule has 1 aromatic rings. The molecule has 0 amide bonds. The molecule has 0 unspecified atom stereocenters. The van der Waals surface area contributed by atoms with Crippen LogP contribution in [0.1, 0.15) is 20.8 Å². The van der Waals surface area contributed by atoms with Crippen molar-refractivity contribution >= 4 is 23.8 Å². The number of nitrogens with zero attached hydrogens (tertiary/aromatic N) is 2. The smallest absolute Gasteiger partial charge is 0.258 e. The van der Waals surface area contributed by atoms with E-state index in [1.54, 1.807) is 30.5 Å². The number of nitro groups is 1. The zero-order chi connectivity index (χ0) is 16.1. The fraction of sp³-hybridized carbons (Fsp3) is 0.188. The van der Waals surface area contributed by atoms with Crippen LogP contribution in [0.25, 0.3) is 0 Å². The van der Waals surface area contributed by atoms with Crippen molar-refractivity contribution in [3.8, 4) is 0 Å². The van der Waals surface area contributed by atoms with E-state index in [4.69, 9.17) is 0 Å². The highest BCUT2D eigenvalue weighted by atomic mass is 32.2. The number of allylic oxidation sites excluding steroid dienone is 5. The molecule has 0 heterocycles. The Bertz CT molecular complexity index is 549. The van der Waals surface area contributed by atoms with Gasteiger partial charge in [0.1, 0.15) is 4.90 Å². The average Bonchev–Trinajstić information content (AvgIpc) is 2.53. The zero-order valence-electron chi connectivity index (χ0n) is 12.5. The molecular weight excluding hydrogens is 284 g/mol. The number of rotatable bonds is 6. The van der Waals surface area contributed by atoms with E-state index in [-0.39, 0.29) is 5.69 Å². The maximum atomic E-state index is 10.8. The quantitative estimate of drug-likeness (QED) is 0.233. The van der Waals surface area contributed by atoms with Crippen LogP contribution in [0.15, 0.2) is 70.0 Å². The van der Waals surface area contributed by atoms with E-state index in [9.17, 15) is 10.1 Å². The highest BCUT2D eigenvalue weighted by Crippen LogP contribution is 2.29. The molecule has 1 rings (SSSR count). The van der Waals surface area contributed by atoms with E-state index in [1.807, 2.05) is 39.0 Å². The second-order valence-electron chi connectivity index (χ2n) is 3.45. The molecule has 112 valence electrons. The summed E-state index contributed by atoms with van der Waals surface area (Å²) in [5.74, 6) is 0. The molecule has 0 spiro atoms. The zero-order valence-corrected chi connectivity index (χ0v) is 13.3. The molecule has 0 saturated carbocycles. The van der Waals surface area contributed by atoms with Gasteiger partial charge in [-0.1, -0.05) is 56.9 Å². The summed E-state index contributed by atoms with van der Waals surface area (Å²) in [5.41, 5.74) is 0.895. The molecule has 0 saturated heterocycles. The van der Waals surface area contributed by atoms with Crippen molar-refractivity contribution in [1.29, 1.82) is 0 Å². The Hall–Kier alpha value is -2.14. The monoisotopic (exact) mass is 304 g/mol.